The predicted molar refractivity (Wildman–Crippen MR) is 124 cm³/mol. The van der Waals surface area contributed by atoms with Crippen molar-refractivity contribution in [3.8, 4) is 16.4 Å². The van der Waals surface area contributed by atoms with E-state index in [1.54, 1.807) is 17.5 Å². The van der Waals surface area contributed by atoms with Crippen LogP contribution in [-0.2, 0) is 10.8 Å². The van der Waals surface area contributed by atoms with Crippen molar-refractivity contribution in [1.82, 2.24) is 19.7 Å². The van der Waals surface area contributed by atoms with E-state index in [1.807, 2.05) is 35.3 Å². The number of aryl methyl sites for hydroxylation is 1. The van der Waals surface area contributed by atoms with Gasteiger partial charge in [0, 0.05) is 35.6 Å². The lowest BCUT2D eigenvalue weighted by Gasteiger charge is -2.36. The van der Waals surface area contributed by atoms with Gasteiger partial charge in [0.1, 0.15) is 15.9 Å². The molecule has 29 heavy (non-hydrogen) atoms. The molecule has 0 atom stereocenters. The molecular weight excluding hydrogens is 420 g/mol. The Kier molecular flexibility index (Phi) is 6.63. The van der Waals surface area contributed by atoms with Crippen LogP contribution in [0.1, 0.15) is 38.4 Å². The first-order valence-corrected chi connectivity index (χ1v) is 14.0. The summed E-state index contributed by atoms with van der Waals surface area (Å²) in [6.45, 7) is 14.0. The average molecular weight is 449 g/mol. The van der Waals surface area contributed by atoms with Gasteiger partial charge in [-0.25, -0.2) is 14.6 Å². The maximum atomic E-state index is 6.54. The van der Waals surface area contributed by atoms with Crippen LogP contribution in [0.4, 0.5) is 0 Å². The highest BCUT2D eigenvalue weighted by Crippen LogP contribution is 2.36. The van der Waals surface area contributed by atoms with Gasteiger partial charge in [-0.15, -0.1) is 11.3 Å². The Labute approximate surface area is 183 Å². The highest BCUT2D eigenvalue weighted by atomic mass is 35.5. The Bertz CT molecular complexity index is 964. The van der Waals surface area contributed by atoms with Crippen LogP contribution >= 0.6 is 22.9 Å². The van der Waals surface area contributed by atoms with Crippen molar-refractivity contribution in [3.05, 3.63) is 46.3 Å². The van der Waals surface area contributed by atoms with Crippen LogP contribution in [0, 0.1) is 6.92 Å². The van der Waals surface area contributed by atoms with Crippen molar-refractivity contribution in [2.75, 3.05) is 6.61 Å². The molecule has 0 bridgehead atoms. The lowest BCUT2D eigenvalue weighted by Crippen LogP contribution is -2.41. The zero-order chi connectivity index (χ0) is 21.2. The molecule has 0 aliphatic rings. The molecule has 0 saturated heterocycles. The first-order chi connectivity index (χ1) is 13.6. The molecule has 0 spiro atoms. The van der Waals surface area contributed by atoms with Crippen LogP contribution in [0.2, 0.25) is 23.3 Å². The lowest BCUT2D eigenvalue weighted by atomic mass is 10.1. The molecule has 0 amide bonds. The second-order valence-electron chi connectivity index (χ2n) is 8.75. The maximum absolute atomic E-state index is 6.54. The van der Waals surface area contributed by atoms with Gasteiger partial charge in [-0.05, 0) is 50.0 Å². The summed E-state index contributed by atoms with van der Waals surface area (Å²) in [5.41, 5.74) is 3.71. The minimum atomic E-state index is -1.74. The number of aromatic nitrogens is 4. The van der Waals surface area contributed by atoms with E-state index < -0.39 is 8.32 Å². The van der Waals surface area contributed by atoms with Gasteiger partial charge in [-0.2, -0.15) is 5.10 Å². The Balaban J connectivity index is 1.78. The van der Waals surface area contributed by atoms with Crippen molar-refractivity contribution in [2.24, 2.45) is 0 Å². The molecule has 0 N–H and O–H groups in total. The quantitative estimate of drug-likeness (QED) is 0.241. The van der Waals surface area contributed by atoms with E-state index in [9.17, 15) is 0 Å². The molecule has 0 unspecified atom stereocenters. The monoisotopic (exact) mass is 448 g/mol. The summed E-state index contributed by atoms with van der Waals surface area (Å²) in [5, 5.41) is 8.33. The summed E-state index contributed by atoms with van der Waals surface area (Å²) in [7, 11) is -1.74. The average Bonchev–Trinajstić information content (AvgIpc) is 3.30. The molecule has 0 saturated carbocycles. The van der Waals surface area contributed by atoms with Gasteiger partial charge < -0.3 is 4.43 Å². The molecule has 3 heterocycles. The first kappa shape index (κ1) is 22.1. The Morgan fingerprint density at radius 3 is 2.69 bits per heavy atom. The molecule has 8 heteroatoms. The van der Waals surface area contributed by atoms with Crippen LogP contribution < -0.4 is 0 Å². The van der Waals surface area contributed by atoms with Gasteiger partial charge in [0.15, 0.2) is 8.32 Å². The van der Waals surface area contributed by atoms with Crippen LogP contribution in [-0.4, -0.2) is 34.7 Å². The summed E-state index contributed by atoms with van der Waals surface area (Å²) in [6, 6.07) is 4.02. The Morgan fingerprint density at radius 1 is 1.28 bits per heavy atom. The Morgan fingerprint density at radius 2 is 2.03 bits per heavy atom. The zero-order valence-corrected chi connectivity index (χ0v) is 20.6. The van der Waals surface area contributed by atoms with Crippen molar-refractivity contribution in [2.45, 2.75) is 58.7 Å². The molecule has 0 radical (unpaired) electrons. The number of pyridine rings is 1. The molecule has 3 aromatic heterocycles. The summed E-state index contributed by atoms with van der Waals surface area (Å²) in [4.78, 5) is 8.81. The van der Waals surface area contributed by atoms with Crippen LogP contribution in [0.25, 0.3) is 16.4 Å². The lowest BCUT2D eigenvalue weighted by molar-refractivity contribution is 0.282. The fourth-order valence-corrected chi connectivity index (χ4v) is 4.81. The summed E-state index contributed by atoms with van der Waals surface area (Å²) < 4.78 is 8.20. The third-order valence-electron chi connectivity index (χ3n) is 5.51. The van der Waals surface area contributed by atoms with Gasteiger partial charge in [-0.1, -0.05) is 32.4 Å². The zero-order valence-electron chi connectivity index (χ0n) is 18.0. The normalized spacial score (nSPS) is 12.5. The number of rotatable bonds is 7. The van der Waals surface area contributed by atoms with E-state index in [1.165, 1.54) is 0 Å². The molecule has 0 aliphatic carbocycles. The number of thiazole rings is 1. The number of halogens is 1. The smallest absolute Gasteiger partial charge is 0.191 e. The fraction of sp³-hybridized carbons (Fsp3) is 0.476. The Hall–Kier alpha value is -1.54. The van der Waals surface area contributed by atoms with E-state index >= 15 is 0 Å². The number of nitrogens with zero attached hydrogens (tertiary/aromatic N) is 4. The van der Waals surface area contributed by atoms with Crippen molar-refractivity contribution in [3.63, 3.8) is 0 Å². The van der Waals surface area contributed by atoms with Gasteiger partial charge >= 0.3 is 0 Å². The summed E-state index contributed by atoms with van der Waals surface area (Å²) >= 11 is 8.12. The maximum Gasteiger partial charge on any atom is 0.191 e. The van der Waals surface area contributed by atoms with Gasteiger partial charge in [0.05, 0.1) is 5.69 Å². The van der Waals surface area contributed by atoms with E-state index in [0.29, 0.717) is 5.15 Å². The molecule has 156 valence electrons. The van der Waals surface area contributed by atoms with Crippen LogP contribution in [0.3, 0.4) is 0 Å². The summed E-state index contributed by atoms with van der Waals surface area (Å²) in [6.07, 6.45) is 5.44. The highest BCUT2D eigenvalue weighted by Gasteiger charge is 2.36. The van der Waals surface area contributed by atoms with E-state index in [-0.39, 0.29) is 5.04 Å². The molecule has 3 aromatic rings. The van der Waals surface area contributed by atoms with E-state index in [0.717, 1.165) is 47.1 Å². The third-order valence-corrected chi connectivity index (χ3v) is 11.2. The fourth-order valence-electron chi connectivity index (χ4n) is 2.80. The second-order valence-corrected chi connectivity index (χ2v) is 14.8. The minimum Gasteiger partial charge on any atom is -0.417 e. The third kappa shape index (κ3) is 5.15. The SMILES string of the molecule is Cc1cc(-n2ccc(-c3nccs3)n2)c(CCCO[Si](C)(C)C(C)(C)C)c(Cl)n1. The predicted octanol–water partition coefficient (Wildman–Crippen LogP) is 6.31. The molecule has 0 aliphatic heterocycles. The molecule has 3 rings (SSSR count). The van der Waals surface area contributed by atoms with Gasteiger partial charge in [-0.3, -0.25) is 0 Å². The van der Waals surface area contributed by atoms with Crippen molar-refractivity contribution in [1.29, 1.82) is 0 Å². The molecular formula is C21H29ClN4OSSi. The van der Waals surface area contributed by atoms with Crippen LogP contribution in [0.5, 0.6) is 0 Å². The standard InChI is InChI=1S/C21H29ClN4OSSi/c1-15-14-18(26-11-9-17(25-26)20-23-10-13-28-20)16(19(22)24-15)8-7-12-27-29(5,6)21(2,3)4/h9-11,13-14H,7-8,12H2,1-6H3. The largest absolute Gasteiger partial charge is 0.417 e. The highest BCUT2D eigenvalue weighted by molar-refractivity contribution is 7.13. The minimum absolute atomic E-state index is 0.211. The molecule has 0 fully saturated rings. The molecule has 5 nitrogen and oxygen atoms in total. The summed E-state index contributed by atoms with van der Waals surface area (Å²) in [5.74, 6) is 0. The second kappa shape index (κ2) is 8.68. The number of hydrogen-bond acceptors (Lipinski definition) is 5. The molecule has 0 aromatic carbocycles. The van der Waals surface area contributed by atoms with Crippen molar-refractivity contribution >= 4 is 31.3 Å². The van der Waals surface area contributed by atoms with E-state index in [4.69, 9.17) is 21.1 Å². The van der Waals surface area contributed by atoms with Crippen molar-refractivity contribution < 1.29 is 4.43 Å². The van der Waals surface area contributed by atoms with E-state index in [2.05, 4.69) is 43.8 Å². The van der Waals surface area contributed by atoms with Gasteiger partial charge in [0.2, 0.25) is 0 Å². The first-order valence-electron chi connectivity index (χ1n) is 9.84. The van der Waals surface area contributed by atoms with Crippen LogP contribution in [0.15, 0.2) is 29.9 Å². The topological polar surface area (TPSA) is 52.8 Å². The number of hydrogen-bond donors (Lipinski definition) is 0. The van der Waals surface area contributed by atoms with Gasteiger partial charge in [0.25, 0.3) is 0 Å².